The summed E-state index contributed by atoms with van der Waals surface area (Å²) in [4.78, 5) is 9.14. The van der Waals surface area contributed by atoms with E-state index < -0.39 is 0 Å². The molecule has 2 aromatic rings. The fraction of sp³-hybridized carbons (Fsp3) is 0.385. The molecule has 82 valence electrons. The normalized spacial score (nSPS) is 19.6. The van der Waals surface area contributed by atoms with Crippen LogP contribution >= 0.6 is 0 Å². The predicted molar refractivity (Wildman–Crippen MR) is 64.1 cm³/mol. The zero-order valence-corrected chi connectivity index (χ0v) is 9.35. The van der Waals surface area contributed by atoms with Gasteiger partial charge < -0.3 is 5.73 Å². The highest BCUT2D eigenvalue weighted by molar-refractivity contribution is 5.73. The molecule has 0 aliphatic heterocycles. The van der Waals surface area contributed by atoms with Crippen molar-refractivity contribution < 1.29 is 0 Å². The number of nitrogens with two attached hydrogens (primary N) is 1. The third kappa shape index (κ3) is 1.32. The van der Waals surface area contributed by atoms with E-state index in [1.807, 2.05) is 30.5 Å². The number of fused-ring (bicyclic) bond motifs is 1. The van der Waals surface area contributed by atoms with E-state index in [0.29, 0.717) is 0 Å². The van der Waals surface area contributed by atoms with Crippen molar-refractivity contribution in [3.63, 3.8) is 0 Å². The van der Waals surface area contributed by atoms with Crippen molar-refractivity contribution in [1.29, 1.82) is 0 Å². The Labute approximate surface area is 94.7 Å². The summed E-state index contributed by atoms with van der Waals surface area (Å²) in [6, 6.07) is 8.12. The molecule has 3 heteroatoms. The minimum Gasteiger partial charge on any atom is -0.327 e. The van der Waals surface area contributed by atoms with Crippen LogP contribution in [0.1, 0.15) is 25.5 Å². The van der Waals surface area contributed by atoms with Crippen LogP contribution in [0.3, 0.4) is 0 Å². The van der Waals surface area contributed by atoms with Crippen LogP contribution in [0.25, 0.3) is 11.0 Å². The Kier molecular flexibility index (Phi) is 1.98. The second-order valence-corrected chi connectivity index (χ2v) is 4.69. The van der Waals surface area contributed by atoms with Gasteiger partial charge in [0.1, 0.15) is 0 Å². The molecule has 2 N–H and O–H groups in total. The van der Waals surface area contributed by atoms with Crippen LogP contribution in [-0.2, 0) is 5.41 Å². The summed E-state index contributed by atoms with van der Waals surface area (Å²) in [5.41, 5.74) is 9.11. The summed E-state index contributed by atoms with van der Waals surface area (Å²) in [6.45, 7) is 2.06. The molecule has 1 saturated carbocycles. The van der Waals surface area contributed by atoms with Crippen LogP contribution in [0.5, 0.6) is 0 Å². The van der Waals surface area contributed by atoms with Gasteiger partial charge in [-0.25, -0.2) is 4.98 Å². The molecule has 3 nitrogen and oxygen atoms in total. The van der Waals surface area contributed by atoms with Crippen molar-refractivity contribution in [2.75, 3.05) is 0 Å². The first-order valence-electron chi connectivity index (χ1n) is 5.70. The van der Waals surface area contributed by atoms with Gasteiger partial charge in [0.2, 0.25) is 0 Å². The Hall–Kier alpha value is -1.48. The summed E-state index contributed by atoms with van der Waals surface area (Å²) in [5.74, 6) is 0. The summed E-state index contributed by atoms with van der Waals surface area (Å²) in [6.07, 6.45) is 4.16. The number of rotatable bonds is 2. The molecule has 1 aromatic carbocycles. The van der Waals surface area contributed by atoms with Crippen molar-refractivity contribution in [1.82, 2.24) is 9.97 Å². The maximum atomic E-state index is 6.04. The van der Waals surface area contributed by atoms with E-state index in [4.69, 9.17) is 5.73 Å². The number of benzene rings is 1. The maximum Gasteiger partial charge on any atom is 0.0890 e. The lowest BCUT2D eigenvalue weighted by Crippen LogP contribution is -2.32. The molecule has 0 bridgehead atoms. The van der Waals surface area contributed by atoms with Crippen LogP contribution in [0.15, 0.2) is 30.5 Å². The smallest absolute Gasteiger partial charge is 0.0890 e. The molecule has 1 fully saturated rings. The van der Waals surface area contributed by atoms with Crippen LogP contribution < -0.4 is 5.73 Å². The molecule has 1 aromatic heterocycles. The zero-order chi connectivity index (χ0) is 11.2. The minimum absolute atomic E-state index is 0.0943. The van der Waals surface area contributed by atoms with Crippen molar-refractivity contribution in [2.24, 2.45) is 5.73 Å². The zero-order valence-electron chi connectivity index (χ0n) is 9.35. The Morgan fingerprint density at radius 3 is 2.56 bits per heavy atom. The molecule has 0 radical (unpaired) electrons. The van der Waals surface area contributed by atoms with Crippen LogP contribution in [0.4, 0.5) is 0 Å². The summed E-state index contributed by atoms with van der Waals surface area (Å²) in [7, 11) is 0. The molecule has 1 aliphatic rings. The SMILES string of the molecule is CC(N)C1(c2cnc3ccccc3n2)CC1. The van der Waals surface area contributed by atoms with E-state index in [1.54, 1.807) is 0 Å². The fourth-order valence-corrected chi connectivity index (χ4v) is 2.28. The second kappa shape index (κ2) is 3.25. The maximum absolute atomic E-state index is 6.04. The molecule has 1 aliphatic carbocycles. The number of aromatic nitrogens is 2. The second-order valence-electron chi connectivity index (χ2n) is 4.69. The first kappa shape index (κ1) is 9.73. The van der Waals surface area contributed by atoms with Crippen molar-refractivity contribution in [3.05, 3.63) is 36.2 Å². The van der Waals surface area contributed by atoms with Crippen LogP contribution in [0, 0.1) is 0 Å². The van der Waals surface area contributed by atoms with Gasteiger partial charge in [0.15, 0.2) is 0 Å². The third-order valence-corrected chi connectivity index (χ3v) is 3.62. The molecule has 1 atom stereocenters. The molecule has 0 saturated heterocycles. The number of nitrogens with zero attached hydrogens (tertiary/aromatic N) is 2. The Bertz CT molecular complexity index is 529. The molecular formula is C13H15N3. The van der Waals surface area contributed by atoms with Gasteiger partial charge in [-0.15, -0.1) is 0 Å². The highest BCUT2D eigenvalue weighted by atomic mass is 14.9. The summed E-state index contributed by atoms with van der Waals surface area (Å²) in [5, 5.41) is 0. The monoisotopic (exact) mass is 213 g/mol. The van der Waals surface area contributed by atoms with Gasteiger partial charge in [0, 0.05) is 17.7 Å². The topological polar surface area (TPSA) is 51.8 Å². The molecule has 1 heterocycles. The number of para-hydroxylation sites is 2. The summed E-state index contributed by atoms with van der Waals surface area (Å²) >= 11 is 0. The summed E-state index contributed by atoms with van der Waals surface area (Å²) < 4.78 is 0. The van der Waals surface area contributed by atoms with Crippen molar-refractivity contribution in [2.45, 2.75) is 31.2 Å². The first-order valence-corrected chi connectivity index (χ1v) is 5.70. The molecular weight excluding hydrogens is 198 g/mol. The lowest BCUT2D eigenvalue weighted by Gasteiger charge is -2.18. The molecule has 0 amide bonds. The standard InChI is InChI=1S/C13H15N3/c1-9(14)13(6-7-13)12-8-15-10-4-2-3-5-11(10)16-12/h2-5,8-9H,6-7,14H2,1H3. The van der Waals surface area contributed by atoms with Crippen molar-refractivity contribution >= 4 is 11.0 Å². The third-order valence-electron chi connectivity index (χ3n) is 3.62. The molecule has 16 heavy (non-hydrogen) atoms. The van der Waals surface area contributed by atoms with Gasteiger partial charge in [-0.3, -0.25) is 4.98 Å². The Balaban J connectivity index is 2.12. The van der Waals surface area contributed by atoms with E-state index in [9.17, 15) is 0 Å². The Morgan fingerprint density at radius 2 is 1.94 bits per heavy atom. The largest absolute Gasteiger partial charge is 0.327 e. The molecule has 1 unspecified atom stereocenters. The van der Waals surface area contributed by atoms with Crippen LogP contribution in [-0.4, -0.2) is 16.0 Å². The van der Waals surface area contributed by atoms with Gasteiger partial charge in [-0.1, -0.05) is 12.1 Å². The van der Waals surface area contributed by atoms with E-state index in [1.165, 1.54) is 0 Å². The number of hydrogen-bond donors (Lipinski definition) is 1. The van der Waals surface area contributed by atoms with E-state index in [-0.39, 0.29) is 11.5 Å². The average Bonchev–Trinajstić information content (AvgIpc) is 3.09. The fourth-order valence-electron chi connectivity index (χ4n) is 2.28. The number of hydrogen-bond acceptors (Lipinski definition) is 3. The van der Waals surface area contributed by atoms with Gasteiger partial charge in [0.25, 0.3) is 0 Å². The highest BCUT2D eigenvalue weighted by Crippen LogP contribution is 2.49. The lowest BCUT2D eigenvalue weighted by atomic mass is 9.95. The minimum atomic E-state index is 0.0943. The van der Waals surface area contributed by atoms with Crippen LogP contribution in [0.2, 0.25) is 0 Å². The van der Waals surface area contributed by atoms with Crippen molar-refractivity contribution in [3.8, 4) is 0 Å². The van der Waals surface area contributed by atoms with E-state index in [0.717, 1.165) is 29.6 Å². The lowest BCUT2D eigenvalue weighted by molar-refractivity contribution is 0.542. The first-order chi connectivity index (χ1) is 7.72. The molecule has 0 spiro atoms. The average molecular weight is 213 g/mol. The highest BCUT2D eigenvalue weighted by Gasteiger charge is 2.49. The van der Waals surface area contributed by atoms with Gasteiger partial charge >= 0.3 is 0 Å². The molecule has 3 rings (SSSR count). The van der Waals surface area contributed by atoms with Gasteiger partial charge in [0.05, 0.1) is 16.7 Å². The predicted octanol–water partition coefficient (Wildman–Crippen LogP) is 2.01. The Morgan fingerprint density at radius 1 is 1.25 bits per heavy atom. The van der Waals surface area contributed by atoms with Gasteiger partial charge in [-0.2, -0.15) is 0 Å². The van der Waals surface area contributed by atoms with Gasteiger partial charge in [-0.05, 0) is 31.9 Å². The van der Waals surface area contributed by atoms with E-state index in [2.05, 4.69) is 16.9 Å². The quantitative estimate of drug-likeness (QED) is 0.830. The van der Waals surface area contributed by atoms with E-state index >= 15 is 0 Å².